The van der Waals surface area contributed by atoms with Crippen LogP contribution in [0.5, 0.6) is 0 Å². The molecule has 2 heterocycles. The summed E-state index contributed by atoms with van der Waals surface area (Å²) in [5.41, 5.74) is 1.03. The molecule has 1 aliphatic heterocycles. The van der Waals surface area contributed by atoms with Crippen LogP contribution in [-0.4, -0.2) is 38.3 Å². The maximum Gasteiger partial charge on any atom is 0.274 e. The molecule has 23 heavy (non-hydrogen) atoms. The minimum atomic E-state index is -0.612. The fourth-order valence-electron chi connectivity index (χ4n) is 2.95. The monoisotopic (exact) mass is 317 g/mol. The van der Waals surface area contributed by atoms with Crippen molar-refractivity contribution >= 4 is 5.91 Å². The van der Waals surface area contributed by atoms with Gasteiger partial charge in [-0.15, -0.1) is 0 Å². The first-order valence-corrected chi connectivity index (χ1v) is 7.75. The molecule has 3 rings (SSSR count). The number of nitrogens with zero attached hydrogens (tertiary/aromatic N) is 3. The van der Waals surface area contributed by atoms with Gasteiger partial charge in [-0.2, -0.15) is 5.10 Å². The van der Waals surface area contributed by atoms with Crippen molar-refractivity contribution < 1.29 is 14.3 Å². The van der Waals surface area contributed by atoms with Crippen molar-refractivity contribution in [2.24, 2.45) is 0 Å². The number of benzene rings is 1. The summed E-state index contributed by atoms with van der Waals surface area (Å²) in [5.74, 6) is -0.587. The number of carbonyl (C=O) groups excluding carboxylic acids is 1. The zero-order chi connectivity index (χ0) is 16.6. The van der Waals surface area contributed by atoms with Crippen LogP contribution in [0.2, 0.25) is 0 Å². The molecular weight excluding hydrogens is 297 g/mol. The number of amides is 1. The topological polar surface area (TPSA) is 58.4 Å². The molecule has 1 saturated heterocycles. The SMILES string of the molecule is CC(C)n1ccc(C(=O)N2C[C@H](O)C[C@H]2c2cccc(F)c2)n1. The number of halogens is 1. The molecule has 1 aliphatic rings. The summed E-state index contributed by atoms with van der Waals surface area (Å²) in [7, 11) is 0. The molecule has 0 aliphatic carbocycles. The molecule has 2 atom stereocenters. The van der Waals surface area contributed by atoms with E-state index < -0.39 is 6.10 Å². The minimum absolute atomic E-state index is 0.166. The van der Waals surface area contributed by atoms with Gasteiger partial charge in [-0.05, 0) is 44.0 Å². The van der Waals surface area contributed by atoms with E-state index in [1.807, 2.05) is 13.8 Å². The molecule has 1 aromatic heterocycles. The Hall–Kier alpha value is -2.21. The van der Waals surface area contributed by atoms with Crippen LogP contribution in [-0.2, 0) is 0 Å². The zero-order valence-corrected chi connectivity index (χ0v) is 13.2. The molecule has 1 fully saturated rings. The Morgan fingerprint density at radius 3 is 2.83 bits per heavy atom. The molecule has 2 aromatic rings. The van der Waals surface area contributed by atoms with Gasteiger partial charge in [-0.3, -0.25) is 9.48 Å². The Labute approximate surface area is 134 Å². The summed E-state index contributed by atoms with van der Waals surface area (Å²) in [6.07, 6.45) is 1.56. The Bertz CT molecular complexity index is 713. The highest BCUT2D eigenvalue weighted by molar-refractivity contribution is 5.92. The van der Waals surface area contributed by atoms with E-state index in [1.54, 1.807) is 34.0 Å². The summed E-state index contributed by atoms with van der Waals surface area (Å²) >= 11 is 0. The highest BCUT2D eigenvalue weighted by Gasteiger charge is 2.36. The van der Waals surface area contributed by atoms with E-state index in [0.29, 0.717) is 17.7 Å². The zero-order valence-electron chi connectivity index (χ0n) is 13.2. The van der Waals surface area contributed by atoms with E-state index in [1.165, 1.54) is 12.1 Å². The van der Waals surface area contributed by atoms with Gasteiger partial charge in [0.1, 0.15) is 11.5 Å². The number of hydrogen-bond donors (Lipinski definition) is 1. The largest absolute Gasteiger partial charge is 0.391 e. The number of aromatic nitrogens is 2. The second kappa shape index (κ2) is 6.12. The predicted octanol–water partition coefficient (Wildman–Crippen LogP) is 2.55. The van der Waals surface area contributed by atoms with Crippen LogP contribution >= 0.6 is 0 Å². The number of rotatable bonds is 3. The number of carbonyl (C=O) groups is 1. The molecule has 0 saturated carbocycles. The number of aliphatic hydroxyl groups excluding tert-OH is 1. The molecule has 0 spiro atoms. The number of likely N-dealkylation sites (tertiary alicyclic amines) is 1. The molecule has 6 heteroatoms. The van der Waals surface area contributed by atoms with Crippen LogP contribution in [0.15, 0.2) is 36.5 Å². The van der Waals surface area contributed by atoms with E-state index >= 15 is 0 Å². The molecule has 122 valence electrons. The Kier molecular flexibility index (Phi) is 4.17. The maximum absolute atomic E-state index is 13.5. The molecule has 1 aromatic carbocycles. The van der Waals surface area contributed by atoms with E-state index in [9.17, 15) is 14.3 Å². The fourth-order valence-corrected chi connectivity index (χ4v) is 2.95. The quantitative estimate of drug-likeness (QED) is 0.946. The molecule has 5 nitrogen and oxygen atoms in total. The van der Waals surface area contributed by atoms with E-state index in [2.05, 4.69) is 5.10 Å². The van der Waals surface area contributed by atoms with Crippen LogP contribution in [0.1, 0.15) is 48.4 Å². The van der Waals surface area contributed by atoms with Gasteiger partial charge in [0, 0.05) is 18.8 Å². The summed E-state index contributed by atoms with van der Waals surface area (Å²) < 4.78 is 15.2. The van der Waals surface area contributed by atoms with Crippen molar-refractivity contribution in [3.63, 3.8) is 0 Å². The van der Waals surface area contributed by atoms with E-state index in [4.69, 9.17) is 0 Å². The highest BCUT2D eigenvalue weighted by atomic mass is 19.1. The number of β-amino-alcohol motifs (C(OH)–C–C–N with tert-alkyl or cyclic N) is 1. The maximum atomic E-state index is 13.5. The van der Waals surface area contributed by atoms with Crippen LogP contribution in [0.3, 0.4) is 0 Å². The molecule has 1 N–H and O–H groups in total. The Morgan fingerprint density at radius 2 is 2.17 bits per heavy atom. The third-order valence-corrected chi connectivity index (χ3v) is 4.13. The van der Waals surface area contributed by atoms with E-state index in [-0.39, 0.29) is 30.4 Å². The lowest BCUT2D eigenvalue weighted by Gasteiger charge is -2.24. The lowest BCUT2D eigenvalue weighted by molar-refractivity contribution is 0.0708. The van der Waals surface area contributed by atoms with Gasteiger partial charge < -0.3 is 10.0 Å². The van der Waals surface area contributed by atoms with Crippen LogP contribution in [0.25, 0.3) is 0 Å². The average molecular weight is 317 g/mol. The summed E-state index contributed by atoms with van der Waals surface area (Å²) in [4.78, 5) is 14.3. The third kappa shape index (κ3) is 3.12. The second-order valence-electron chi connectivity index (χ2n) is 6.19. The van der Waals surface area contributed by atoms with Crippen molar-refractivity contribution in [2.75, 3.05) is 6.54 Å². The Balaban J connectivity index is 1.88. The van der Waals surface area contributed by atoms with Crippen molar-refractivity contribution in [2.45, 2.75) is 38.5 Å². The van der Waals surface area contributed by atoms with Crippen molar-refractivity contribution in [1.29, 1.82) is 0 Å². The van der Waals surface area contributed by atoms with Gasteiger partial charge in [-0.25, -0.2) is 4.39 Å². The highest BCUT2D eigenvalue weighted by Crippen LogP contribution is 2.33. The van der Waals surface area contributed by atoms with Crippen molar-refractivity contribution in [1.82, 2.24) is 14.7 Å². The number of hydrogen-bond acceptors (Lipinski definition) is 3. The first-order valence-electron chi connectivity index (χ1n) is 7.75. The van der Waals surface area contributed by atoms with Gasteiger partial charge in [-0.1, -0.05) is 12.1 Å². The van der Waals surface area contributed by atoms with Crippen LogP contribution < -0.4 is 0 Å². The normalized spacial score (nSPS) is 21.2. The predicted molar refractivity (Wildman–Crippen MR) is 83.4 cm³/mol. The van der Waals surface area contributed by atoms with Crippen LogP contribution in [0.4, 0.5) is 4.39 Å². The second-order valence-corrected chi connectivity index (χ2v) is 6.19. The van der Waals surface area contributed by atoms with Gasteiger partial charge in [0.2, 0.25) is 0 Å². The molecule has 0 unspecified atom stereocenters. The summed E-state index contributed by atoms with van der Waals surface area (Å²) in [6, 6.07) is 7.68. The van der Waals surface area contributed by atoms with Gasteiger partial charge >= 0.3 is 0 Å². The third-order valence-electron chi connectivity index (χ3n) is 4.13. The van der Waals surface area contributed by atoms with Gasteiger partial charge in [0.05, 0.1) is 12.1 Å². The molecule has 1 amide bonds. The Morgan fingerprint density at radius 1 is 1.39 bits per heavy atom. The van der Waals surface area contributed by atoms with Crippen molar-refractivity contribution in [3.05, 3.63) is 53.6 Å². The lowest BCUT2D eigenvalue weighted by Crippen LogP contribution is -2.32. The van der Waals surface area contributed by atoms with Crippen LogP contribution in [0, 0.1) is 5.82 Å². The molecular formula is C17H20FN3O2. The van der Waals surface area contributed by atoms with Crippen molar-refractivity contribution in [3.8, 4) is 0 Å². The lowest BCUT2D eigenvalue weighted by atomic mass is 10.0. The minimum Gasteiger partial charge on any atom is -0.391 e. The average Bonchev–Trinajstić information content (AvgIpc) is 3.13. The smallest absolute Gasteiger partial charge is 0.274 e. The number of aliphatic hydroxyl groups is 1. The van der Waals surface area contributed by atoms with Gasteiger partial charge in [0.25, 0.3) is 5.91 Å². The van der Waals surface area contributed by atoms with Gasteiger partial charge in [0.15, 0.2) is 0 Å². The fraction of sp³-hybridized carbons (Fsp3) is 0.412. The molecule has 0 bridgehead atoms. The summed E-state index contributed by atoms with van der Waals surface area (Å²) in [5, 5.41) is 14.3. The van der Waals surface area contributed by atoms with E-state index in [0.717, 1.165) is 0 Å². The standard InChI is InChI=1S/C17H20FN3O2/c1-11(2)21-7-6-15(19-21)17(23)20-10-14(22)9-16(20)12-4-3-5-13(18)8-12/h3-8,11,14,16,22H,9-10H2,1-2H3/t14-,16+/m1/s1. The first kappa shape index (κ1) is 15.7. The summed E-state index contributed by atoms with van der Waals surface area (Å²) in [6.45, 7) is 4.20. The molecule has 0 radical (unpaired) electrons. The first-order chi connectivity index (χ1) is 11.0.